The van der Waals surface area contributed by atoms with Crippen molar-refractivity contribution >= 4 is 9.84 Å². The SMILES string of the molecule is CC(c1noc(C(O)c2ccccc2)n1)S(C)(=O)=O. The van der Waals surface area contributed by atoms with E-state index < -0.39 is 21.2 Å². The quantitative estimate of drug-likeness (QED) is 0.907. The van der Waals surface area contributed by atoms with E-state index in [1.165, 1.54) is 6.92 Å². The van der Waals surface area contributed by atoms with Gasteiger partial charge in [0.05, 0.1) is 0 Å². The fourth-order valence-corrected chi connectivity index (χ4v) is 1.97. The van der Waals surface area contributed by atoms with E-state index >= 15 is 0 Å². The molecule has 0 amide bonds. The highest BCUT2D eigenvalue weighted by Crippen LogP contribution is 2.23. The zero-order valence-corrected chi connectivity index (χ0v) is 11.3. The Bertz CT molecular complexity index is 651. The van der Waals surface area contributed by atoms with E-state index in [1.807, 2.05) is 6.07 Å². The van der Waals surface area contributed by atoms with Crippen molar-refractivity contribution in [2.75, 3.05) is 6.26 Å². The van der Waals surface area contributed by atoms with Gasteiger partial charge in [-0.1, -0.05) is 35.5 Å². The summed E-state index contributed by atoms with van der Waals surface area (Å²) in [4.78, 5) is 3.95. The summed E-state index contributed by atoms with van der Waals surface area (Å²) >= 11 is 0. The molecule has 102 valence electrons. The minimum Gasteiger partial charge on any atom is -0.378 e. The Kier molecular flexibility index (Phi) is 3.68. The largest absolute Gasteiger partial charge is 0.378 e. The van der Waals surface area contributed by atoms with Gasteiger partial charge in [-0.3, -0.25) is 0 Å². The van der Waals surface area contributed by atoms with Crippen LogP contribution >= 0.6 is 0 Å². The molecule has 0 spiro atoms. The molecule has 19 heavy (non-hydrogen) atoms. The van der Waals surface area contributed by atoms with E-state index in [1.54, 1.807) is 24.3 Å². The number of aliphatic hydroxyl groups is 1. The first-order valence-electron chi connectivity index (χ1n) is 5.65. The van der Waals surface area contributed by atoms with Crippen molar-refractivity contribution in [2.45, 2.75) is 18.3 Å². The summed E-state index contributed by atoms with van der Waals surface area (Å²) in [6, 6.07) is 8.80. The molecule has 0 radical (unpaired) electrons. The van der Waals surface area contributed by atoms with Gasteiger partial charge in [0.2, 0.25) is 0 Å². The summed E-state index contributed by atoms with van der Waals surface area (Å²) < 4.78 is 27.7. The minimum absolute atomic E-state index is 0.0169. The Labute approximate surface area is 111 Å². The van der Waals surface area contributed by atoms with Crippen LogP contribution in [0.2, 0.25) is 0 Å². The fourth-order valence-electron chi connectivity index (χ4n) is 1.49. The maximum atomic E-state index is 11.4. The van der Waals surface area contributed by atoms with Crippen LogP contribution in [0.15, 0.2) is 34.9 Å². The van der Waals surface area contributed by atoms with Crippen LogP contribution in [0.3, 0.4) is 0 Å². The Morgan fingerprint density at radius 1 is 1.26 bits per heavy atom. The third-order valence-corrected chi connectivity index (χ3v) is 4.31. The van der Waals surface area contributed by atoms with Gasteiger partial charge in [0.1, 0.15) is 5.25 Å². The minimum atomic E-state index is -3.30. The lowest BCUT2D eigenvalue weighted by Gasteiger charge is -2.05. The maximum absolute atomic E-state index is 11.4. The lowest BCUT2D eigenvalue weighted by atomic mass is 10.1. The van der Waals surface area contributed by atoms with Crippen molar-refractivity contribution in [2.24, 2.45) is 0 Å². The molecule has 1 N–H and O–H groups in total. The van der Waals surface area contributed by atoms with Gasteiger partial charge in [0.25, 0.3) is 5.89 Å². The average Bonchev–Trinajstić information content (AvgIpc) is 2.86. The number of benzene rings is 1. The molecule has 2 unspecified atom stereocenters. The summed E-state index contributed by atoms with van der Waals surface area (Å²) in [5.74, 6) is 0.0316. The van der Waals surface area contributed by atoms with Crippen LogP contribution in [-0.2, 0) is 9.84 Å². The number of hydrogen-bond donors (Lipinski definition) is 1. The molecule has 0 aliphatic heterocycles. The standard InChI is InChI=1S/C12H14N2O4S/c1-8(19(2,16)17)11-13-12(18-14-11)10(15)9-6-4-3-5-7-9/h3-8,10,15H,1-2H3. The van der Waals surface area contributed by atoms with Crippen LogP contribution in [0.1, 0.15) is 35.6 Å². The molecule has 6 nitrogen and oxygen atoms in total. The molecule has 2 rings (SSSR count). The number of aliphatic hydroxyl groups excluding tert-OH is 1. The number of hydrogen-bond acceptors (Lipinski definition) is 6. The Balaban J connectivity index is 2.27. The molecule has 0 aliphatic carbocycles. The third-order valence-electron chi connectivity index (χ3n) is 2.81. The lowest BCUT2D eigenvalue weighted by molar-refractivity contribution is 0.170. The summed E-state index contributed by atoms with van der Waals surface area (Å²) in [7, 11) is -3.30. The smallest absolute Gasteiger partial charge is 0.260 e. The van der Waals surface area contributed by atoms with Crippen molar-refractivity contribution in [3.05, 3.63) is 47.6 Å². The molecule has 1 heterocycles. The van der Waals surface area contributed by atoms with Gasteiger partial charge in [-0.05, 0) is 12.5 Å². The second kappa shape index (κ2) is 5.10. The molecule has 0 fully saturated rings. The second-order valence-corrected chi connectivity index (χ2v) is 6.64. The van der Waals surface area contributed by atoms with Gasteiger partial charge in [-0.15, -0.1) is 0 Å². The highest BCUT2D eigenvalue weighted by Gasteiger charge is 2.25. The van der Waals surface area contributed by atoms with Gasteiger partial charge >= 0.3 is 0 Å². The zero-order valence-electron chi connectivity index (χ0n) is 10.5. The van der Waals surface area contributed by atoms with E-state index in [0.717, 1.165) is 6.26 Å². The van der Waals surface area contributed by atoms with Crippen molar-refractivity contribution in [1.82, 2.24) is 10.1 Å². The molecule has 1 aromatic carbocycles. The first-order chi connectivity index (χ1) is 8.89. The highest BCUT2D eigenvalue weighted by molar-refractivity contribution is 7.90. The van der Waals surface area contributed by atoms with Gasteiger partial charge in [0, 0.05) is 6.26 Å². The Morgan fingerprint density at radius 2 is 1.89 bits per heavy atom. The number of nitrogens with zero attached hydrogens (tertiary/aromatic N) is 2. The lowest BCUT2D eigenvalue weighted by Crippen LogP contribution is -2.09. The summed E-state index contributed by atoms with van der Waals surface area (Å²) in [5.41, 5.74) is 0.602. The molecule has 0 saturated heterocycles. The highest BCUT2D eigenvalue weighted by atomic mass is 32.2. The Morgan fingerprint density at radius 3 is 2.47 bits per heavy atom. The van der Waals surface area contributed by atoms with Gasteiger partial charge in [-0.25, -0.2) is 8.42 Å². The number of aromatic nitrogens is 2. The molecule has 2 atom stereocenters. The van der Waals surface area contributed by atoms with Crippen molar-refractivity contribution in [3.63, 3.8) is 0 Å². The van der Waals surface area contributed by atoms with Gasteiger partial charge in [-0.2, -0.15) is 4.98 Å². The topological polar surface area (TPSA) is 93.3 Å². The van der Waals surface area contributed by atoms with Crippen LogP contribution in [0, 0.1) is 0 Å². The third kappa shape index (κ3) is 2.99. The number of sulfone groups is 1. The van der Waals surface area contributed by atoms with E-state index in [9.17, 15) is 13.5 Å². The summed E-state index contributed by atoms with van der Waals surface area (Å²) in [6.07, 6.45) is 0.0376. The number of rotatable bonds is 4. The molecule has 2 aromatic rings. The van der Waals surface area contributed by atoms with Crippen molar-refractivity contribution in [3.8, 4) is 0 Å². The monoisotopic (exact) mass is 282 g/mol. The van der Waals surface area contributed by atoms with E-state index in [4.69, 9.17) is 4.52 Å². The molecule has 0 bridgehead atoms. The molecule has 1 aromatic heterocycles. The first-order valence-corrected chi connectivity index (χ1v) is 7.60. The van der Waals surface area contributed by atoms with Crippen LogP contribution in [0.25, 0.3) is 0 Å². The average molecular weight is 282 g/mol. The normalized spacial score (nSPS) is 15.1. The zero-order chi connectivity index (χ0) is 14.0. The van der Waals surface area contributed by atoms with Gasteiger partial charge in [0.15, 0.2) is 21.8 Å². The molecule has 7 heteroatoms. The molecular weight excluding hydrogens is 268 g/mol. The van der Waals surface area contributed by atoms with Crippen LogP contribution < -0.4 is 0 Å². The van der Waals surface area contributed by atoms with E-state index in [-0.39, 0.29) is 11.7 Å². The van der Waals surface area contributed by atoms with Gasteiger partial charge < -0.3 is 9.63 Å². The van der Waals surface area contributed by atoms with E-state index in [0.29, 0.717) is 5.56 Å². The predicted molar refractivity (Wildman–Crippen MR) is 68.1 cm³/mol. The van der Waals surface area contributed by atoms with Crippen LogP contribution in [-0.4, -0.2) is 29.9 Å². The fraction of sp³-hybridized carbons (Fsp3) is 0.333. The Hall–Kier alpha value is -1.73. The summed E-state index contributed by atoms with van der Waals surface area (Å²) in [5, 5.41) is 12.8. The van der Waals surface area contributed by atoms with Crippen LogP contribution in [0.4, 0.5) is 0 Å². The predicted octanol–water partition coefficient (Wildman–Crippen LogP) is 1.26. The summed E-state index contributed by atoms with van der Waals surface area (Å²) in [6.45, 7) is 1.47. The second-order valence-electron chi connectivity index (χ2n) is 4.28. The van der Waals surface area contributed by atoms with Crippen molar-refractivity contribution < 1.29 is 18.0 Å². The van der Waals surface area contributed by atoms with E-state index in [2.05, 4.69) is 10.1 Å². The molecule has 0 saturated carbocycles. The van der Waals surface area contributed by atoms with Crippen molar-refractivity contribution in [1.29, 1.82) is 0 Å². The first kappa shape index (κ1) is 13.7. The maximum Gasteiger partial charge on any atom is 0.260 e. The molecular formula is C12H14N2O4S. The van der Waals surface area contributed by atoms with Crippen LogP contribution in [0.5, 0.6) is 0 Å². The molecule has 0 aliphatic rings.